The monoisotopic (exact) mass is 266 g/mol. The smallest absolute Gasteiger partial charge is 0.104 e. The minimum Gasteiger partial charge on any atom is -0.233 e. The van der Waals surface area contributed by atoms with Crippen LogP contribution < -0.4 is 5.32 Å². The van der Waals surface area contributed by atoms with Gasteiger partial charge in [0.15, 0.2) is 0 Å². The SMILES string of the molecule is C[Si](C)(C)c1nn(-c2ccccc2)c2ccccc12. The Labute approximate surface area is 114 Å². The molecule has 0 aliphatic rings. The summed E-state index contributed by atoms with van der Waals surface area (Å²) in [6.07, 6.45) is 0. The Bertz CT molecular complexity index is 708. The molecule has 3 rings (SSSR count). The Balaban J connectivity index is 2.33. The average molecular weight is 266 g/mol. The van der Waals surface area contributed by atoms with E-state index in [9.17, 15) is 0 Å². The molecule has 0 N–H and O–H groups in total. The van der Waals surface area contributed by atoms with Gasteiger partial charge in [-0.15, -0.1) is 0 Å². The molecule has 19 heavy (non-hydrogen) atoms. The van der Waals surface area contributed by atoms with Gasteiger partial charge in [-0.1, -0.05) is 56.0 Å². The highest BCUT2D eigenvalue weighted by atomic mass is 28.3. The minimum atomic E-state index is -1.44. The van der Waals surface area contributed by atoms with Crippen LogP contribution in [0, 0.1) is 0 Å². The number of rotatable bonds is 2. The lowest BCUT2D eigenvalue weighted by molar-refractivity contribution is 0.922. The van der Waals surface area contributed by atoms with Crippen molar-refractivity contribution in [2.24, 2.45) is 0 Å². The molecule has 0 spiro atoms. The molecule has 0 amide bonds. The van der Waals surface area contributed by atoms with Gasteiger partial charge in [-0.25, -0.2) is 4.68 Å². The van der Waals surface area contributed by atoms with Gasteiger partial charge >= 0.3 is 0 Å². The molecule has 0 fully saturated rings. The van der Waals surface area contributed by atoms with E-state index in [0.717, 1.165) is 5.69 Å². The standard InChI is InChI=1S/C16H18N2Si/c1-19(2,3)16-14-11-7-8-12-15(14)18(17-16)13-9-5-4-6-10-13/h4-12H,1-3H3. The number of hydrogen-bond acceptors (Lipinski definition) is 1. The molecule has 0 saturated carbocycles. The van der Waals surface area contributed by atoms with Gasteiger partial charge in [-0.3, -0.25) is 0 Å². The van der Waals surface area contributed by atoms with Crippen LogP contribution in [0.25, 0.3) is 16.6 Å². The van der Waals surface area contributed by atoms with Crippen LogP contribution >= 0.6 is 0 Å². The maximum atomic E-state index is 4.91. The molecule has 3 heteroatoms. The van der Waals surface area contributed by atoms with Gasteiger partial charge in [0.25, 0.3) is 0 Å². The van der Waals surface area contributed by atoms with Crippen molar-refractivity contribution >= 4 is 24.3 Å². The molecule has 0 radical (unpaired) electrons. The van der Waals surface area contributed by atoms with Crippen molar-refractivity contribution in [1.29, 1.82) is 0 Å². The Morgan fingerprint density at radius 2 is 1.47 bits per heavy atom. The van der Waals surface area contributed by atoms with Gasteiger partial charge < -0.3 is 0 Å². The maximum absolute atomic E-state index is 4.91. The fraction of sp³-hybridized carbons (Fsp3) is 0.188. The van der Waals surface area contributed by atoms with Crippen molar-refractivity contribution in [3.05, 3.63) is 54.6 Å². The van der Waals surface area contributed by atoms with E-state index in [4.69, 9.17) is 5.10 Å². The molecule has 3 aromatic rings. The Hall–Kier alpha value is -1.87. The van der Waals surface area contributed by atoms with E-state index < -0.39 is 8.07 Å². The van der Waals surface area contributed by atoms with Gasteiger partial charge in [-0.2, -0.15) is 5.10 Å². The average Bonchev–Trinajstić information content (AvgIpc) is 2.79. The van der Waals surface area contributed by atoms with E-state index in [-0.39, 0.29) is 0 Å². The number of benzene rings is 2. The van der Waals surface area contributed by atoms with Crippen LogP contribution in [0.15, 0.2) is 54.6 Å². The second-order valence-electron chi connectivity index (χ2n) is 5.86. The van der Waals surface area contributed by atoms with Gasteiger partial charge in [-0.05, 0) is 18.2 Å². The molecule has 0 saturated heterocycles. The van der Waals surface area contributed by atoms with E-state index in [1.54, 1.807) is 0 Å². The molecule has 2 aromatic carbocycles. The van der Waals surface area contributed by atoms with E-state index in [2.05, 4.69) is 72.9 Å². The molecule has 1 heterocycles. The first-order valence-corrected chi connectivity index (χ1v) is 10.1. The van der Waals surface area contributed by atoms with Gasteiger partial charge in [0.05, 0.1) is 16.5 Å². The summed E-state index contributed by atoms with van der Waals surface area (Å²) in [5.74, 6) is 0. The van der Waals surface area contributed by atoms with E-state index in [0.29, 0.717) is 0 Å². The maximum Gasteiger partial charge on any atom is 0.104 e. The van der Waals surface area contributed by atoms with Crippen molar-refractivity contribution in [2.75, 3.05) is 0 Å². The van der Waals surface area contributed by atoms with Crippen molar-refractivity contribution in [3.8, 4) is 5.69 Å². The molecule has 1 aromatic heterocycles. The van der Waals surface area contributed by atoms with Crippen molar-refractivity contribution in [2.45, 2.75) is 19.6 Å². The highest BCUT2D eigenvalue weighted by Gasteiger charge is 2.24. The first kappa shape index (κ1) is 12.2. The molecule has 2 nitrogen and oxygen atoms in total. The molecular formula is C16H18N2Si. The molecule has 96 valence electrons. The number of para-hydroxylation sites is 2. The molecule has 0 aliphatic carbocycles. The van der Waals surface area contributed by atoms with E-state index in [1.807, 2.05) is 6.07 Å². The lowest BCUT2D eigenvalue weighted by atomic mass is 10.2. The van der Waals surface area contributed by atoms with Crippen LogP contribution in [-0.2, 0) is 0 Å². The topological polar surface area (TPSA) is 17.8 Å². The second kappa shape index (κ2) is 4.35. The van der Waals surface area contributed by atoms with E-state index in [1.165, 1.54) is 16.2 Å². The zero-order chi connectivity index (χ0) is 13.5. The minimum absolute atomic E-state index is 1.13. The molecule has 0 bridgehead atoms. The van der Waals surface area contributed by atoms with Gasteiger partial charge in [0, 0.05) is 5.39 Å². The van der Waals surface area contributed by atoms with Gasteiger partial charge in [0.2, 0.25) is 0 Å². The largest absolute Gasteiger partial charge is 0.233 e. The van der Waals surface area contributed by atoms with E-state index >= 15 is 0 Å². The van der Waals surface area contributed by atoms with Crippen LogP contribution in [0.5, 0.6) is 0 Å². The predicted octanol–water partition coefficient (Wildman–Crippen LogP) is 3.57. The van der Waals surface area contributed by atoms with Gasteiger partial charge in [0.1, 0.15) is 8.07 Å². The first-order valence-electron chi connectivity index (χ1n) is 6.61. The van der Waals surface area contributed by atoms with Crippen molar-refractivity contribution < 1.29 is 0 Å². The summed E-state index contributed by atoms with van der Waals surface area (Å²) in [4.78, 5) is 0. The number of aromatic nitrogens is 2. The van der Waals surface area contributed by atoms with Crippen molar-refractivity contribution in [1.82, 2.24) is 9.78 Å². The Kier molecular flexibility index (Phi) is 2.79. The normalized spacial score (nSPS) is 11.9. The molecular weight excluding hydrogens is 248 g/mol. The zero-order valence-electron chi connectivity index (χ0n) is 11.6. The number of hydrogen-bond donors (Lipinski definition) is 0. The second-order valence-corrected chi connectivity index (χ2v) is 10.8. The third-order valence-electron chi connectivity index (χ3n) is 3.30. The predicted molar refractivity (Wildman–Crippen MR) is 84.1 cm³/mol. The summed E-state index contributed by atoms with van der Waals surface area (Å²) >= 11 is 0. The quantitative estimate of drug-likeness (QED) is 0.648. The summed E-state index contributed by atoms with van der Waals surface area (Å²) in [5, 5.41) is 7.49. The summed E-state index contributed by atoms with van der Waals surface area (Å²) in [7, 11) is -1.44. The summed E-state index contributed by atoms with van der Waals surface area (Å²) < 4.78 is 2.07. The highest BCUT2D eigenvalue weighted by Crippen LogP contribution is 2.19. The molecule has 0 unspecified atom stereocenters. The Morgan fingerprint density at radius 1 is 0.842 bits per heavy atom. The van der Waals surface area contributed by atoms with Crippen LogP contribution in [0.2, 0.25) is 19.6 Å². The lowest BCUT2D eigenvalue weighted by Crippen LogP contribution is -2.39. The third-order valence-corrected chi connectivity index (χ3v) is 5.09. The lowest BCUT2D eigenvalue weighted by Gasteiger charge is -2.12. The summed E-state index contributed by atoms with van der Waals surface area (Å²) in [6, 6.07) is 18.9. The first-order chi connectivity index (χ1) is 9.07. The van der Waals surface area contributed by atoms with Crippen LogP contribution in [0.3, 0.4) is 0 Å². The van der Waals surface area contributed by atoms with Crippen LogP contribution in [0.1, 0.15) is 0 Å². The highest BCUT2D eigenvalue weighted by molar-refractivity contribution is 6.89. The van der Waals surface area contributed by atoms with Crippen LogP contribution in [-0.4, -0.2) is 17.9 Å². The number of fused-ring (bicyclic) bond motifs is 1. The summed E-state index contributed by atoms with van der Waals surface area (Å²) in [6.45, 7) is 7.03. The third kappa shape index (κ3) is 2.10. The fourth-order valence-corrected chi connectivity index (χ4v) is 3.81. The van der Waals surface area contributed by atoms with Crippen molar-refractivity contribution in [3.63, 3.8) is 0 Å². The fourth-order valence-electron chi connectivity index (χ4n) is 2.39. The molecule has 0 atom stereocenters. The summed E-state index contributed by atoms with van der Waals surface area (Å²) in [5.41, 5.74) is 2.33. The number of nitrogens with zero attached hydrogens (tertiary/aromatic N) is 2. The Morgan fingerprint density at radius 3 is 2.16 bits per heavy atom. The molecule has 0 aliphatic heterocycles. The zero-order valence-corrected chi connectivity index (χ0v) is 12.6. The van der Waals surface area contributed by atoms with Crippen LogP contribution in [0.4, 0.5) is 0 Å².